The molecule has 0 aromatic rings. The Morgan fingerprint density at radius 3 is 2.25 bits per heavy atom. The maximum absolute atomic E-state index is 5.09. The highest BCUT2D eigenvalue weighted by Gasteiger charge is 2.35. The van der Waals surface area contributed by atoms with Crippen LogP contribution in [0.4, 0.5) is 0 Å². The average Bonchev–Trinajstić information content (AvgIpc) is 1.67. The minimum atomic E-state index is 0.500. The Morgan fingerprint density at radius 2 is 2.25 bits per heavy atom. The van der Waals surface area contributed by atoms with Crippen molar-refractivity contribution in [3.05, 3.63) is 0 Å². The lowest BCUT2D eigenvalue weighted by Gasteiger charge is -2.39. The van der Waals surface area contributed by atoms with E-state index in [-0.39, 0.29) is 0 Å². The van der Waals surface area contributed by atoms with E-state index in [1.807, 2.05) is 0 Å². The van der Waals surface area contributed by atoms with Crippen LogP contribution in [0.5, 0.6) is 0 Å². The van der Waals surface area contributed by atoms with Gasteiger partial charge in [-0.1, -0.05) is 22.9 Å². The Hall–Kier alpha value is 0.440. The molecule has 0 unspecified atom stereocenters. The van der Waals surface area contributed by atoms with Crippen molar-refractivity contribution in [2.45, 2.75) is 13.3 Å². The fourth-order valence-corrected chi connectivity index (χ4v) is 1.49. The summed E-state index contributed by atoms with van der Waals surface area (Å²) in [6, 6.07) is 0. The quantitative estimate of drug-likeness (QED) is 0.587. The number of ether oxygens (including phenoxy) is 1. The average molecular weight is 179 g/mol. The molecule has 0 radical (unpaired) electrons. The number of halogens is 1. The maximum atomic E-state index is 5.09. The molecule has 0 bridgehead atoms. The van der Waals surface area contributed by atoms with Gasteiger partial charge in [0, 0.05) is 10.7 Å². The van der Waals surface area contributed by atoms with Crippen LogP contribution in [0.2, 0.25) is 0 Å². The third kappa shape index (κ3) is 0.914. The highest BCUT2D eigenvalue weighted by atomic mass is 79.9. The molecule has 1 nitrogen and oxygen atoms in total. The molecule has 1 aliphatic heterocycles. The standard InChI is InChI=1S/C6H11BrO/c1-2-6(3-7)4-8-5-6/h2-5H2,1H3. The number of hydrogen-bond acceptors (Lipinski definition) is 1. The minimum absolute atomic E-state index is 0.500. The van der Waals surface area contributed by atoms with Gasteiger partial charge >= 0.3 is 0 Å². The second-order valence-corrected chi connectivity index (χ2v) is 3.04. The first-order valence-electron chi connectivity index (χ1n) is 2.97. The fraction of sp³-hybridized carbons (Fsp3) is 1.00. The molecule has 0 amide bonds. The largest absolute Gasteiger partial charge is 0.380 e. The van der Waals surface area contributed by atoms with Crippen LogP contribution in [0.25, 0.3) is 0 Å². The molecular weight excluding hydrogens is 168 g/mol. The van der Waals surface area contributed by atoms with Gasteiger partial charge in [0.05, 0.1) is 13.2 Å². The van der Waals surface area contributed by atoms with Gasteiger partial charge in [0.1, 0.15) is 0 Å². The van der Waals surface area contributed by atoms with E-state index in [9.17, 15) is 0 Å². The van der Waals surface area contributed by atoms with Crippen LogP contribution >= 0.6 is 15.9 Å². The lowest BCUT2D eigenvalue weighted by molar-refractivity contribution is -0.0987. The van der Waals surface area contributed by atoms with Gasteiger partial charge in [-0.15, -0.1) is 0 Å². The van der Waals surface area contributed by atoms with Gasteiger partial charge < -0.3 is 4.74 Å². The summed E-state index contributed by atoms with van der Waals surface area (Å²) in [5.41, 5.74) is 0.500. The fourth-order valence-electron chi connectivity index (χ4n) is 0.767. The summed E-state index contributed by atoms with van der Waals surface area (Å²) in [7, 11) is 0. The van der Waals surface area contributed by atoms with Gasteiger partial charge in [-0.25, -0.2) is 0 Å². The molecule has 48 valence electrons. The van der Waals surface area contributed by atoms with Crippen molar-refractivity contribution < 1.29 is 4.74 Å². The molecule has 1 rings (SSSR count). The zero-order chi connectivity index (χ0) is 6.04. The third-order valence-corrected chi connectivity index (χ3v) is 3.04. The molecule has 0 saturated carbocycles. The van der Waals surface area contributed by atoms with Crippen molar-refractivity contribution in [2.75, 3.05) is 18.5 Å². The predicted molar refractivity (Wildman–Crippen MR) is 37.3 cm³/mol. The van der Waals surface area contributed by atoms with E-state index >= 15 is 0 Å². The van der Waals surface area contributed by atoms with Gasteiger partial charge in [0.2, 0.25) is 0 Å². The van der Waals surface area contributed by atoms with E-state index in [1.165, 1.54) is 6.42 Å². The molecule has 0 spiro atoms. The Morgan fingerprint density at radius 1 is 1.62 bits per heavy atom. The van der Waals surface area contributed by atoms with E-state index in [4.69, 9.17) is 4.74 Å². The topological polar surface area (TPSA) is 9.23 Å². The number of alkyl halides is 1. The first kappa shape index (κ1) is 6.56. The van der Waals surface area contributed by atoms with E-state index < -0.39 is 0 Å². The second-order valence-electron chi connectivity index (χ2n) is 2.48. The smallest absolute Gasteiger partial charge is 0.0552 e. The molecule has 0 aromatic heterocycles. The van der Waals surface area contributed by atoms with Crippen LogP contribution in [-0.2, 0) is 4.74 Å². The number of hydrogen-bond donors (Lipinski definition) is 0. The Bertz CT molecular complexity index is 65.1. The highest BCUT2D eigenvalue weighted by Crippen LogP contribution is 2.32. The molecule has 8 heavy (non-hydrogen) atoms. The maximum Gasteiger partial charge on any atom is 0.0552 e. The lowest BCUT2D eigenvalue weighted by Crippen LogP contribution is -2.43. The van der Waals surface area contributed by atoms with Gasteiger partial charge in [0.25, 0.3) is 0 Å². The SMILES string of the molecule is CCC1(CBr)COC1. The zero-order valence-electron chi connectivity index (χ0n) is 5.11. The molecule has 0 aliphatic carbocycles. The number of rotatable bonds is 2. The van der Waals surface area contributed by atoms with Crippen LogP contribution in [0.3, 0.4) is 0 Å². The summed E-state index contributed by atoms with van der Waals surface area (Å²) in [6.45, 7) is 4.12. The van der Waals surface area contributed by atoms with Crippen LogP contribution in [0, 0.1) is 5.41 Å². The van der Waals surface area contributed by atoms with Crippen molar-refractivity contribution in [1.29, 1.82) is 0 Å². The van der Waals surface area contributed by atoms with Crippen molar-refractivity contribution >= 4 is 15.9 Å². The Balaban J connectivity index is 2.33. The summed E-state index contributed by atoms with van der Waals surface area (Å²) in [5, 5.41) is 1.09. The van der Waals surface area contributed by atoms with Crippen LogP contribution in [-0.4, -0.2) is 18.5 Å². The molecule has 1 saturated heterocycles. The molecule has 2 heteroatoms. The van der Waals surface area contributed by atoms with Gasteiger partial charge in [-0.3, -0.25) is 0 Å². The minimum Gasteiger partial charge on any atom is -0.380 e. The first-order chi connectivity index (χ1) is 3.83. The van der Waals surface area contributed by atoms with Crippen LogP contribution in [0.15, 0.2) is 0 Å². The van der Waals surface area contributed by atoms with Crippen molar-refractivity contribution in [2.24, 2.45) is 5.41 Å². The summed E-state index contributed by atoms with van der Waals surface area (Å²) in [5.74, 6) is 0. The van der Waals surface area contributed by atoms with Crippen molar-refractivity contribution in [1.82, 2.24) is 0 Å². The molecule has 1 fully saturated rings. The predicted octanol–water partition coefficient (Wildman–Crippen LogP) is 1.81. The Kier molecular flexibility index (Phi) is 1.93. The molecule has 1 aliphatic rings. The van der Waals surface area contributed by atoms with E-state index in [0.29, 0.717) is 5.41 Å². The van der Waals surface area contributed by atoms with Crippen molar-refractivity contribution in [3.63, 3.8) is 0 Å². The van der Waals surface area contributed by atoms with Crippen LogP contribution in [0.1, 0.15) is 13.3 Å². The zero-order valence-corrected chi connectivity index (χ0v) is 6.70. The summed E-state index contributed by atoms with van der Waals surface area (Å²) in [6.07, 6.45) is 1.23. The third-order valence-electron chi connectivity index (χ3n) is 1.85. The van der Waals surface area contributed by atoms with Gasteiger partial charge in [-0.05, 0) is 6.42 Å². The van der Waals surface area contributed by atoms with Gasteiger partial charge in [-0.2, -0.15) is 0 Å². The van der Waals surface area contributed by atoms with Gasteiger partial charge in [0.15, 0.2) is 0 Å². The first-order valence-corrected chi connectivity index (χ1v) is 4.09. The van der Waals surface area contributed by atoms with Crippen molar-refractivity contribution in [3.8, 4) is 0 Å². The lowest BCUT2D eigenvalue weighted by atomic mass is 9.86. The monoisotopic (exact) mass is 178 g/mol. The molecule has 1 heterocycles. The molecular formula is C6H11BrO. The normalized spacial score (nSPS) is 24.8. The molecule has 0 N–H and O–H groups in total. The summed E-state index contributed by atoms with van der Waals surface area (Å²) >= 11 is 3.46. The van der Waals surface area contributed by atoms with Crippen LogP contribution < -0.4 is 0 Å². The molecule has 0 aromatic carbocycles. The second kappa shape index (κ2) is 2.36. The molecule has 0 atom stereocenters. The van der Waals surface area contributed by atoms with E-state index in [1.54, 1.807) is 0 Å². The van der Waals surface area contributed by atoms with E-state index in [0.717, 1.165) is 18.5 Å². The highest BCUT2D eigenvalue weighted by molar-refractivity contribution is 9.09. The summed E-state index contributed by atoms with van der Waals surface area (Å²) in [4.78, 5) is 0. The summed E-state index contributed by atoms with van der Waals surface area (Å²) < 4.78 is 5.09. The Labute approximate surface area is 58.5 Å². The van der Waals surface area contributed by atoms with E-state index in [2.05, 4.69) is 22.9 Å².